The van der Waals surface area contributed by atoms with Gasteiger partial charge in [-0.2, -0.15) is 0 Å². The van der Waals surface area contributed by atoms with Crippen molar-refractivity contribution in [2.75, 3.05) is 18.9 Å². The Balaban J connectivity index is 2.81. The molecular weight excluding hydrogens is 178 g/mol. The monoisotopic (exact) mass is 195 g/mol. The van der Waals surface area contributed by atoms with Crippen LogP contribution in [-0.2, 0) is 0 Å². The number of nitrogens with two attached hydrogens (primary N) is 1. The first-order chi connectivity index (χ1) is 6.79. The van der Waals surface area contributed by atoms with E-state index in [1.807, 2.05) is 24.3 Å². The predicted molar refractivity (Wildman–Crippen MR) is 57.0 cm³/mol. The topological polar surface area (TPSA) is 66.5 Å². The number of aliphatic hydroxyl groups is 2. The van der Waals surface area contributed by atoms with Gasteiger partial charge in [0.2, 0.25) is 0 Å². The second-order valence-corrected chi connectivity index (χ2v) is 3.35. The average Bonchev–Trinajstić information content (AvgIpc) is 2.18. The maximum absolute atomic E-state index is 8.89. The van der Waals surface area contributed by atoms with Crippen LogP contribution < -0.4 is 5.73 Å². The SMILES string of the molecule is Nc1ccccc1C(CCO)CCO. The highest BCUT2D eigenvalue weighted by Gasteiger charge is 2.12. The molecule has 0 bridgehead atoms. The minimum atomic E-state index is 0.124. The molecule has 0 aromatic heterocycles. The third-order valence-electron chi connectivity index (χ3n) is 2.39. The predicted octanol–water partition coefficient (Wildman–Crippen LogP) is 1.12. The first kappa shape index (κ1) is 11.0. The average molecular weight is 195 g/mol. The number of nitrogen functional groups attached to an aromatic ring is 1. The fourth-order valence-electron chi connectivity index (χ4n) is 1.65. The molecule has 1 rings (SSSR count). The lowest BCUT2D eigenvalue weighted by molar-refractivity contribution is 0.242. The van der Waals surface area contributed by atoms with Gasteiger partial charge in [-0.25, -0.2) is 0 Å². The molecule has 0 saturated carbocycles. The zero-order chi connectivity index (χ0) is 10.4. The van der Waals surface area contributed by atoms with E-state index < -0.39 is 0 Å². The highest BCUT2D eigenvalue weighted by atomic mass is 16.3. The lowest BCUT2D eigenvalue weighted by Crippen LogP contribution is -2.06. The Hall–Kier alpha value is -1.06. The van der Waals surface area contributed by atoms with Crippen LogP contribution in [0.4, 0.5) is 5.69 Å². The number of benzene rings is 1. The molecule has 0 amide bonds. The molecule has 0 radical (unpaired) electrons. The summed E-state index contributed by atoms with van der Waals surface area (Å²) < 4.78 is 0. The minimum Gasteiger partial charge on any atom is -0.398 e. The Kier molecular flexibility index (Phi) is 4.43. The van der Waals surface area contributed by atoms with Gasteiger partial charge in [-0.3, -0.25) is 0 Å². The second kappa shape index (κ2) is 5.62. The van der Waals surface area contributed by atoms with Gasteiger partial charge in [-0.1, -0.05) is 18.2 Å². The molecule has 0 heterocycles. The smallest absolute Gasteiger partial charge is 0.0436 e. The summed E-state index contributed by atoms with van der Waals surface area (Å²) in [7, 11) is 0. The summed E-state index contributed by atoms with van der Waals surface area (Å²) >= 11 is 0. The van der Waals surface area contributed by atoms with Crippen molar-refractivity contribution in [2.24, 2.45) is 0 Å². The number of aliphatic hydroxyl groups excluding tert-OH is 2. The van der Waals surface area contributed by atoms with Gasteiger partial charge in [0.15, 0.2) is 0 Å². The first-order valence-electron chi connectivity index (χ1n) is 4.85. The molecular formula is C11H17NO2. The third kappa shape index (κ3) is 2.72. The Morgan fingerprint density at radius 3 is 2.14 bits per heavy atom. The van der Waals surface area contributed by atoms with Crippen LogP contribution in [0.5, 0.6) is 0 Å². The number of rotatable bonds is 5. The quantitative estimate of drug-likeness (QED) is 0.617. The van der Waals surface area contributed by atoms with E-state index in [2.05, 4.69) is 0 Å². The van der Waals surface area contributed by atoms with E-state index >= 15 is 0 Å². The van der Waals surface area contributed by atoms with Crippen LogP contribution in [0.2, 0.25) is 0 Å². The van der Waals surface area contributed by atoms with Crippen molar-refractivity contribution >= 4 is 5.69 Å². The molecule has 0 fully saturated rings. The summed E-state index contributed by atoms with van der Waals surface area (Å²) in [5.74, 6) is 0.159. The summed E-state index contributed by atoms with van der Waals surface area (Å²) in [4.78, 5) is 0. The Morgan fingerprint density at radius 2 is 1.64 bits per heavy atom. The maximum atomic E-state index is 8.89. The van der Waals surface area contributed by atoms with Gasteiger partial charge in [-0.05, 0) is 30.4 Å². The fourth-order valence-corrected chi connectivity index (χ4v) is 1.65. The number of hydrogen-bond donors (Lipinski definition) is 3. The largest absolute Gasteiger partial charge is 0.398 e. The molecule has 0 aliphatic rings. The van der Waals surface area contributed by atoms with Gasteiger partial charge in [0.1, 0.15) is 0 Å². The van der Waals surface area contributed by atoms with E-state index in [-0.39, 0.29) is 19.1 Å². The van der Waals surface area contributed by atoms with Crippen molar-refractivity contribution in [3.63, 3.8) is 0 Å². The standard InChI is InChI=1S/C11H17NO2/c12-11-4-2-1-3-10(11)9(5-7-13)6-8-14/h1-4,9,13-14H,5-8,12H2. The van der Waals surface area contributed by atoms with Crippen molar-refractivity contribution in [1.29, 1.82) is 0 Å². The lowest BCUT2D eigenvalue weighted by atomic mass is 9.92. The van der Waals surface area contributed by atoms with Crippen molar-refractivity contribution < 1.29 is 10.2 Å². The van der Waals surface area contributed by atoms with Gasteiger partial charge < -0.3 is 15.9 Å². The minimum absolute atomic E-state index is 0.124. The van der Waals surface area contributed by atoms with Gasteiger partial charge >= 0.3 is 0 Å². The van der Waals surface area contributed by atoms with Crippen molar-refractivity contribution in [1.82, 2.24) is 0 Å². The molecule has 0 unspecified atom stereocenters. The molecule has 3 nitrogen and oxygen atoms in total. The van der Waals surface area contributed by atoms with Gasteiger partial charge in [-0.15, -0.1) is 0 Å². The molecule has 0 spiro atoms. The molecule has 14 heavy (non-hydrogen) atoms. The normalized spacial score (nSPS) is 10.8. The van der Waals surface area contributed by atoms with Crippen LogP contribution >= 0.6 is 0 Å². The summed E-state index contributed by atoms with van der Waals surface area (Å²) in [6.07, 6.45) is 1.30. The third-order valence-corrected chi connectivity index (χ3v) is 2.39. The van der Waals surface area contributed by atoms with Crippen molar-refractivity contribution in [3.05, 3.63) is 29.8 Å². The Labute approximate surface area is 84.2 Å². The fraction of sp³-hybridized carbons (Fsp3) is 0.455. The van der Waals surface area contributed by atoms with E-state index in [1.165, 1.54) is 0 Å². The van der Waals surface area contributed by atoms with Crippen LogP contribution in [0.1, 0.15) is 24.3 Å². The van der Waals surface area contributed by atoms with Gasteiger partial charge in [0, 0.05) is 18.9 Å². The summed E-state index contributed by atoms with van der Waals surface area (Å²) in [5, 5.41) is 17.8. The molecule has 3 heteroatoms. The van der Waals surface area contributed by atoms with E-state index in [1.54, 1.807) is 0 Å². The number of anilines is 1. The highest BCUT2D eigenvalue weighted by molar-refractivity contribution is 5.48. The van der Waals surface area contributed by atoms with Gasteiger partial charge in [0.05, 0.1) is 0 Å². The lowest BCUT2D eigenvalue weighted by Gasteiger charge is -2.16. The van der Waals surface area contributed by atoms with E-state index in [0.717, 1.165) is 11.3 Å². The van der Waals surface area contributed by atoms with Crippen LogP contribution in [0, 0.1) is 0 Å². The first-order valence-corrected chi connectivity index (χ1v) is 4.85. The molecule has 4 N–H and O–H groups in total. The van der Waals surface area contributed by atoms with Crippen LogP contribution in [0.25, 0.3) is 0 Å². The molecule has 0 aliphatic heterocycles. The van der Waals surface area contributed by atoms with Crippen molar-refractivity contribution in [3.8, 4) is 0 Å². The molecule has 1 aromatic rings. The Bertz CT molecular complexity index is 270. The van der Waals surface area contributed by atoms with E-state index in [9.17, 15) is 0 Å². The van der Waals surface area contributed by atoms with Crippen LogP contribution in [0.15, 0.2) is 24.3 Å². The molecule has 0 atom stereocenters. The number of hydrogen-bond acceptors (Lipinski definition) is 3. The summed E-state index contributed by atoms with van der Waals surface area (Å²) in [6, 6.07) is 7.60. The molecule has 78 valence electrons. The maximum Gasteiger partial charge on any atom is 0.0436 e. The number of para-hydroxylation sites is 1. The summed E-state index contributed by atoms with van der Waals surface area (Å²) in [5.41, 5.74) is 7.58. The highest BCUT2D eigenvalue weighted by Crippen LogP contribution is 2.27. The Morgan fingerprint density at radius 1 is 1.07 bits per heavy atom. The molecule has 0 aliphatic carbocycles. The van der Waals surface area contributed by atoms with Crippen LogP contribution in [0.3, 0.4) is 0 Å². The zero-order valence-corrected chi connectivity index (χ0v) is 8.19. The summed E-state index contributed by atoms with van der Waals surface area (Å²) in [6.45, 7) is 0.248. The van der Waals surface area contributed by atoms with Crippen LogP contribution in [-0.4, -0.2) is 23.4 Å². The second-order valence-electron chi connectivity index (χ2n) is 3.35. The van der Waals surface area contributed by atoms with E-state index in [0.29, 0.717) is 12.8 Å². The van der Waals surface area contributed by atoms with Crippen molar-refractivity contribution in [2.45, 2.75) is 18.8 Å². The van der Waals surface area contributed by atoms with E-state index in [4.69, 9.17) is 15.9 Å². The zero-order valence-electron chi connectivity index (χ0n) is 8.19. The molecule has 1 aromatic carbocycles. The molecule has 0 saturated heterocycles. The van der Waals surface area contributed by atoms with Gasteiger partial charge in [0.25, 0.3) is 0 Å².